The predicted molar refractivity (Wildman–Crippen MR) is 76.0 cm³/mol. The van der Waals surface area contributed by atoms with Gasteiger partial charge in [0.05, 0.1) is 12.1 Å². The van der Waals surface area contributed by atoms with Gasteiger partial charge in [-0.1, -0.05) is 0 Å². The molecule has 3 rings (SSSR count). The molecule has 0 saturated carbocycles. The molecule has 6 heteroatoms. The number of nitrogens with zero attached hydrogens (tertiary/aromatic N) is 2. The maximum absolute atomic E-state index is 5.32. The average Bonchev–Trinajstić information content (AvgIpc) is 2.88. The summed E-state index contributed by atoms with van der Waals surface area (Å²) in [5.41, 5.74) is 3.10. The van der Waals surface area contributed by atoms with Gasteiger partial charge in [0.25, 0.3) is 0 Å². The molecule has 0 amide bonds. The van der Waals surface area contributed by atoms with Crippen LogP contribution in [0.4, 0.5) is 0 Å². The summed E-state index contributed by atoms with van der Waals surface area (Å²) >= 11 is 10.4. The molecule has 0 spiro atoms. The first-order chi connectivity index (χ1) is 8.24. The number of aromatic nitrogens is 3. The lowest BCUT2D eigenvalue weighted by molar-refractivity contribution is 0.803. The summed E-state index contributed by atoms with van der Waals surface area (Å²) in [6, 6.07) is 4.09. The van der Waals surface area contributed by atoms with Gasteiger partial charge in [0, 0.05) is 10.7 Å². The second-order valence-corrected chi connectivity index (χ2v) is 5.76. The molecule has 0 fully saturated rings. The summed E-state index contributed by atoms with van der Waals surface area (Å²) in [4.78, 5) is 7.57. The maximum Gasteiger partial charge on any atom is 0.179 e. The van der Waals surface area contributed by atoms with Gasteiger partial charge in [0.1, 0.15) is 0 Å². The van der Waals surface area contributed by atoms with Crippen molar-refractivity contribution in [1.29, 1.82) is 0 Å². The highest BCUT2D eigenvalue weighted by Crippen LogP contribution is 2.18. The summed E-state index contributed by atoms with van der Waals surface area (Å²) in [6.45, 7) is 0.761. The number of hydrogen-bond acceptors (Lipinski definition) is 3. The molecule has 0 unspecified atom stereocenters. The second kappa shape index (κ2) is 4.36. The third-order valence-electron chi connectivity index (χ3n) is 2.50. The van der Waals surface area contributed by atoms with Crippen LogP contribution in [-0.4, -0.2) is 14.5 Å². The van der Waals surface area contributed by atoms with E-state index in [4.69, 9.17) is 12.2 Å². The Morgan fingerprint density at radius 2 is 2.41 bits per heavy atom. The molecule has 1 N–H and O–H groups in total. The van der Waals surface area contributed by atoms with Crippen molar-refractivity contribution in [3.63, 3.8) is 0 Å². The molecule has 86 valence electrons. The molecule has 0 aliphatic carbocycles. The van der Waals surface area contributed by atoms with Crippen molar-refractivity contribution >= 4 is 50.6 Å². The Morgan fingerprint density at radius 3 is 3.18 bits per heavy atom. The van der Waals surface area contributed by atoms with E-state index in [0.29, 0.717) is 4.77 Å². The number of hydrogen-bond donors (Lipinski definition) is 1. The Labute approximate surface area is 115 Å². The highest BCUT2D eigenvalue weighted by molar-refractivity contribution is 9.10. The molecule has 17 heavy (non-hydrogen) atoms. The summed E-state index contributed by atoms with van der Waals surface area (Å²) in [5, 5.41) is 4.19. The van der Waals surface area contributed by atoms with Crippen molar-refractivity contribution in [1.82, 2.24) is 14.5 Å². The van der Waals surface area contributed by atoms with Crippen molar-refractivity contribution in [2.75, 3.05) is 0 Å². The largest absolute Gasteiger partial charge is 0.329 e. The van der Waals surface area contributed by atoms with Gasteiger partial charge in [-0.05, 0) is 56.6 Å². The smallest absolute Gasteiger partial charge is 0.179 e. The van der Waals surface area contributed by atoms with Gasteiger partial charge < -0.3 is 4.98 Å². The summed E-state index contributed by atoms with van der Waals surface area (Å²) in [6.07, 6.45) is 1.79. The summed E-state index contributed by atoms with van der Waals surface area (Å²) in [7, 11) is 0. The van der Waals surface area contributed by atoms with Gasteiger partial charge in [-0.2, -0.15) is 11.3 Å². The fourth-order valence-corrected chi connectivity index (χ4v) is 2.98. The number of pyridine rings is 1. The Bertz CT molecular complexity index is 712. The monoisotopic (exact) mass is 325 g/mol. The van der Waals surface area contributed by atoms with Crippen molar-refractivity contribution in [2.45, 2.75) is 6.54 Å². The zero-order chi connectivity index (χ0) is 11.8. The van der Waals surface area contributed by atoms with Crippen molar-refractivity contribution < 1.29 is 0 Å². The number of nitrogens with one attached hydrogen (secondary N) is 1. The molecule has 3 aromatic heterocycles. The summed E-state index contributed by atoms with van der Waals surface area (Å²) < 4.78 is 3.67. The molecule has 3 aromatic rings. The lowest BCUT2D eigenvalue weighted by atomic mass is 10.3. The Balaban J connectivity index is 2.16. The van der Waals surface area contributed by atoms with E-state index in [2.05, 4.69) is 42.7 Å². The van der Waals surface area contributed by atoms with Crippen LogP contribution in [-0.2, 0) is 6.54 Å². The minimum atomic E-state index is 0.705. The van der Waals surface area contributed by atoms with E-state index in [9.17, 15) is 0 Å². The van der Waals surface area contributed by atoms with Gasteiger partial charge in [-0.3, -0.25) is 4.57 Å². The van der Waals surface area contributed by atoms with Gasteiger partial charge in [-0.25, -0.2) is 4.98 Å². The number of H-pyrrole nitrogens is 1. The molecular formula is C11H8BrN3S2. The van der Waals surface area contributed by atoms with E-state index in [1.165, 1.54) is 5.56 Å². The van der Waals surface area contributed by atoms with Gasteiger partial charge in [0.2, 0.25) is 0 Å². The topological polar surface area (TPSA) is 33.6 Å². The van der Waals surface area contributed by atoms with Crippen LogP contribution >= 0.6 is 39.5 Å². The van der Waals surface area contributed by atoms with E-state index in [-0.39, 0.29) is 0 Å². The van der Waals surface area contributed by atoms with Crippen LogP contribution in [0.5, 0.6) is 0 Å². The average molecular weight is 326 g/mol. The molecule has 3 nitrogen and oxygen atoms in total. The number of rotatable bonds is 2. The third-order valence-corrected chi connectivity index (χ3v) is 3.98. The molecule has 0 bridgehead atoms. The van der Waals surface area contributed by atoms with E-state index in [1.54, 1.807) is 17.5 Å². The lowest BCUT2D eigenvalue weighted by Gasteiger charge is -2.01. The van der Waals surface area contributed by atoms with Crippen LogP contribution in [0.1, 0.15) is 5.56 Å². The first kappa shape index (κ1) is 11.1. The Hall–Kier alpha value is -0.980. The Kier molecular flexibility index (Phi) is 2.85. The number of thiophene rings is 1. The van der Waals surface area contributed by atoms with Crippen molar-refractivity contribution in [3.05, 3.63) is 43.9 Å². The van der Waals surface area contributed by atoms with E-state index in [0.717, 1.165) is 22.2 Å². The van der Waals surface area contributed by atoms with E-state index < -0.39 is 0 Å². The predicted octanol–water partition coefficient (Wildman–Crippen LogP) is 3.97. The normalized spacial score (nSPS) is 11.1. The Morgan fingerprint density at radius 1 is 1.53 bits per heavy atom. The molecule has 3 heterocycles. The number of fused-ring (bicyclic) bond motifs is 1. The lowest BCUT2D eigenvalue weighted by Crippen LogP contribution is -1.99. The van der Waals surface area contributed by atoms with Gasteiger partial charge in [-0.15, -0.1) is 0 Å². The minimum absolute atomic E-state index is 0.705. The first-order valence-electron chi connectivity index (χ1n) is 4.99. The zero-order valence-corrected chi connectivity index (χ0v) is 11.9. The van der Waals surface area contributed by atoms with Crippen LogP contribution in [0.2, 0.25) is 0 Å². The van der Waals surface area contributed by atoms with Crippen molar-refractivity contribution in [2.24, 2.45) is 0 Å². The van der Waals surface area contributed by atoms with Crippen LogP contribution < -0.4 is 0 Å². The standard InChI is InChI=1S/C11H8BrN3S2/c12-8-3-9-10(13-4-8)15(11(16)14-9)5-7-1-2-17-6-7/h1-4,6H,5H2,(H,14,16). The fraction of sp³-hybridized carbons (Fsp3) is 0.0909. The SMILES string of the molecule is S=c1[nH]c2cc(Br)cnc2n1Cc1ccsc1. The van der Waals surface area contributed by atoms with Crippen LogP contribution in [0.3, 0.4) is 0 Å². The van der Waals surface area contributed by atoms with Crippen LogP contribution in [0, 0.1) is 4.77 Å². The summed E-state index contributed by atoms with van der Waals surface area (Å²) in [5.74, 6) is 0. The molecule has 0 aromatic carbocycles. The van der Waals surface area contributed by atoms with E-state index >= 15 is 0 Å². The molecule has 0 atom stereocenters. The van der Waals surface area contributed by atoms with Crippen LogP contribution in [0.15, 0.2) is 33.6 Å². The minimum Gasteiger partial charge on any atom is -0.329 e. The van der Waals surface area contributed by atoms with E-state index in [1.807, 2.05) is 10.6 Å². The zero-order valence-electron chi connectivity index (χ0n) is 8.68. The van der Waals surface area contributed by atoms with Gasteiger partial charge >= 0.3 is 0 Å². The molecule has 0 radical (unpaired) electrons. The number of imidazole rings is 1. The van der Waals surface area contributed by atoms with Crippen molar-refractivity contribution in [3.8, 4) is 0 Å². The first-order valence-corrected chi connectivity index (χ1v) is 7.13. The highest BCUT2D eigenvalue weighted by Gasteiger charge is 2.06. The quantitative estimate of drug-likeness (QED) is 0.723. The fourth-order valence-electron chi connectivity index (χ4n) is 1.73. The molecular weight excluding hydrogens is 318 g/mol. The number of aromatic amines is 1. The van der Waals surface area contributed by atoms with Gasteiger partial charge in [0.15, 0.2) is 10.4 Å². The molecule has 0 aliphatic rings. The second-order valence-electron chi connectivity index (χ2n) is 3.67. The maximum atomic E-state index is 5.32. The van der Waals surface area contributed by atoms with Crippen LogP contribution in [0.25, 0.3) is 11.2 Å². The molecule has 0 aliphatic heterocycles. The highest BCUT2D eigenvalue weighted by atomic mass is 79.9. The number of halogens is 1. The molecule has 0 saturated heterocycles. The third kappa shape index (κ3) is 2.08.